The third-order valence-electron chi connectivity index (χ3n) is 0.588. The van der Waals surface area contributed by atoms with Crippen molar-refractivity contribution in [3.63, 3.8) is 0 Å². The van der Waals surface area contributed by atoms with Crippen molar-refractivity contribution >= 4 is 0 Å². The van der Waals surface area contributed by atoms with E-state index in [-0.39, 0.29) is 0 Å². The molecule has 0 saturated heterocycles. The molecule has 0 heterocycles. The lowest BCUT2D eigenvalue weighted by molar-refractivity contribution is 0.463. The number of rotatable bonds is 1. The van der Waals surface area contributed by atoms with E-state index < -0.39 is 0 Å². The molecule has 0 spiro atoms. The van der Waals surface area contributed by atoms with Gasteiger partial charge >= 0.3 is 0 Å². The van der Waals surface area contributed by atoms with Crippen molar-refractivity contribution in [3.8, 4) is 0 Å². The maximum atomic E-state index is 8.11. The van der Waals surface area contributed by atoms with Gasteiger partial charge in [-0.1, -0.05) is 0 Å². The highest BCUT2D eigenvalue weighted by Crippen LogP contribution is 1.75. The third kappa shape index (κ3) is 1.64. The molecule has 0 saturated carbocycles. The zero-order valence-electron chi connectivity index (χ0n) is 4.02. The molecule has 0 amide bonds. The second-order valence-corrected chi connectivity index (χ2v) is 1.06. The molecule has 0 fully saturated rings. The third-order valence-corrected chi connectivity index (χ3v) is 0.588. The lowest BCUT2D eigenvalue weighted by atomic mass is 10.6. The van der Waals surface area contributed by atoms with E-state index in [1.807, 2.05) is 0 Å². The van der Waals surface area contributed by atoms with Gasteiger partial charge in [0.25, 0.3) is 0 Å². The molecule has 36 valence electrons. The van der Waals surface area contributed by atoms with Gasteiger partial charge in [0.05, 0.1) is 6.26 Å². The standard InChI is InChI=1S/C4H9NO/c1-4(3-6)5-2/h3,5-6H,1-2H3/b4-3+. The molecule has 0 aliphatic carbocycles. The van der Waals surface area contributed by atoms with Crippen molar-refractivity contribution in [1.29, 1.82) is 0 Å². The first-order valence-electron chi connectivity index (χ1n) is 1.80. The molecule has 0 atom stereocenters. The SMILES string of the molecule is CN/C(C)=C/O. The van der Waals surface area contributed by atoms with Crippen molar-refractivity contribution in [1.82, 2.24) is 5.32 Å². The summed E-state index contributed by atoms with van der Waals surface area (Å²) >= 11 is 0. The lowest BCUT2D eigenvalue weighted by Gasteiger charge is -1.90. The van der Waals surface area contributed by atoms with Gasteiger partial charge in [-0.3, -0.25) is 0 Å². The van der Waals surface area contributed by atoms with Crippen LogP contribution in [0.25, 0.3) is 0 Å². The van der Waals surface area contributed by atoms with Gasteiger partial charge in [-0.15, -0.1) is 0 Å². The number of allylic oxidation sites excluding steroid dienone is 1. The highest BCUT2D eigenvalue weighted by molar-refractivity contribution is 4.85. The van der Waals surface area contributed by atoms with Crippen LogP contribution in [0.4, 0.5) is 0 Å². The van der Waals surface area contributed by atoms with Crippen LogP contribution in [-0.4, -0.2) is 12.2 Å². The predicted molar refractivity (Wildman–Crippen MR) is 25.4 cm³/mol. The van der Waals surface area contributed by atoms with E-state index in [1.165, 1.54) is 0 Å². The summed E-state index contributed by atoms with van der Waals surface area (Å²) in [6.45, 7) is 1.78. The fourth-order valence-corrected chi connectivity index (χ4v) is 0.0645. The largest absolute Gasteiger partial charge is 0.514 e. The second-order valence-electron chi connectivity index (χ2n) is 1.06. The van der Waals surface area contributed by atoms with Crippen LogP contribution in [0.2, 0.25) is 0 Å². The van der Waals surface area contributed by atoms with E-state index in [4.69, 9.17) is 5.11 Å². The molecular formula is C4H9NO. The summed E-state index contributed by atoms with van der Waals surface area (Å²) in [6.07, 6.45) is 1.03. The van der Waals surface area contributed by atoms with Crippen LogP contribution in [0.3, 0.4) is 0 Å². The first-order valence-corrected chi connectivity index (χ1v) is 1.80. The van der Waals surface area contributed by atoms with Crippen molar-refractivity contribution < 1.29 is 5.11 Å². The second kappa shape index (κ2) is 2.57. The number of hydrogen-bond donors (Lipinski definition) is 2. The number of aliphatic hydroxyl groups excluding tert-OH is 1. The minimum Gasteiger partial charge on any atom is -0.514 e. The van der Waals surface area contributed by atoms with Gasteiger partial charge in [-0.05, 0) is 6.92 Å². The average molecular weight is 87.1 g/mol. The molecule has 0 aromatic carbocycles. The van der Waals surface area contributed by atoms with Crippen molar-refractivity contribution in [2.75, 3.05) is 7.05 Å². The summed E-state index contributed by atoms with van der Waals surface area (Å²) < 4.78 is 0. The van der Waals surface area contributed by atoms with Gasteiger partial charge in [0.15, 0.2) is 0 Å². The summed E-state index contributed by atoms with van der Waals surface area (Å²) in [4.78, 5) is 0. The Morgan fingerprint density at radius 2 is 2.33 bits per heavy atom. The van der Waals surface area contributed by atoms with Crippen LogP contribution in [0.5, 0.6) is 0 Å². The van der Waals surface area contributed by atoms with Gasteiger partial charge in [-0.2, -0.15) is 0 Å². The Morgan fingerprint density at radius 1 is 1.83 bits per heavy atom. The summed E-state index contributed by atoms with van der Waals surface area (Å²) in [6, 6.07) is 0. The molecule has 0 aromatic heterocycles. The van der Waals surface area contributed by atoms with Crippen molar-refractivity contribution in [2.24, 2.45) is 0 Å². The minimum atomic E-state index is 0.773. The van der Waals surface area contributed by atoms with Crippen molar-refractivity contribution in [3.05, 3.63) is 12.0 Å². The highest BCUT2D eigenvalue weighted by Gasteiger charge is 1.71. The van der Waals surface area contributed by atoms with Crippen molar-refractivity contribution in [2.45, 2.75) is 6.92 Å². The number of aliphatic hydroxyl groups is 1. The molecule has 2 N–H and O–H groups in total. The molecule has 0 unspecified atom stereocenters. The maximum absolute atomic E-state index is 8.11. The summed E-state index contributed by atoms with van der Waals surface area (Å²) in [5.41, 5.74) is 0.773. The number of nitrogens with one attached hydrogen (secondary N) is 1. The topological polar surface area (TPSA) is 32.3 Å². The van der Waals surface area contributed by atoms with Gasteiger partial charge < -0.3 is 10.4 Å². The van der Waals surface area contributed by atoms with Gasteiger partial charge in [0, 0.05) is 12.7 Å². The van der Waals surface area contributed by atoms with E-state index in [2.05, 4.69) is 5.32 Å². The molecule has 0 aliphatic rings. The van der Waals surface area contributed by atoms with Crippen LogP contribution in [-0.2, 0) is 0 Å². The van der Waals surface area contributed by atoms with E-state index >= 15 is 0 Å². The molecule has 0 rings (SSSR count). The Bertz CT molecular complexity index is 58.6. The first-order chi connectivity index (χ1) is 2.81. The number of hydrogen-bond acceptors (Lipinski definition) is 2. The first kappa shape index (κ1) is 5.34. The van der Waals surface area contributed by atoms with Gasteiger partial charge in [-0.25, -0.2) is 0 Å². The highest BCUT2D eigenvalue weighted by atomic mass is 16.2. The monoisotopic (exact) mass is 87.1 g/mol. The van der Waals surface area contributed by atoms with E-state index in [0.29, 0.717) is 0 Å². The quantitative estimate of drug-likeness (QED) is 0.459. The van der Waals surface area contributed by atoms with Crippen LogP contribution < -0.4 is 5.32 Å². The Balaban J connectivity index is 3.22. The molecule has 0 aromatic rings. The smallest absolute Gasteiger partial charge is 0.0977 e. The van der Waals surface area contributed by atoms with Crippen LogP contribution in [0, 0.1) is 0 Å². The summed E-state index contributed by atoms with van der Waals surface area (Å²) in [5, 5.41) is 10.8. The Labute approximate surface area is 37.5 Å². The fourth-order valence-electron chi connectivity index (χ4n) is 0.0645. The maximum Gasteiger partial charge on any atom is 0.0977 e. The molecule has 0 aliphatic heterocycles. The molecular weight excluding hydrogens is 78.0 g/mol. The molecule has 0 bridgehead atoms. The fraction of sp³-hybridized carbons (Fsp3) is 0.500. The normalized spacial score (nSPS) is 11.3. The van der Waals surface area contributed by atoms with Gasteiger partial charge in [0.2, 0.25) is 0 Å². The Kier molecular flexibility index (Phi) is 2.29. The summed E-state index contributed by atoms with van der Waals surface area (Å²) in [5.74, 6) is 0. The Morgan fingerprint density at radius 3 is 2.33 bits per heavy atom. The molecule has 0 radical (unpaired) electrons. The minimum absolute atomic E-state index is 0.773. The van der Waals surface area contributed by atoms with E-state index in [9.17, 15) is 0 Å². The zero-order chi connectivity index (χ0) is 4.99. The average Bonchev–Trinajstić information content (AvgIpc) is 1.65. The predicted octanol–water partition coefficient (Wildman–Crippen LogP) is 0.625. The van der Waals surface area contributed by atoms with Crippen LogP contribution >= 0.6 is 0 Å². The van der Waals surface area contributed by atoms with Crippen LogP contribution in [0.1, 0.15) is 6.92 Å². The van der Waals surface area contributed by atoms with Crippen LogP contribution in [0.15, 0.2) is 12.0 Å². The molecule has 2 heteroatoms. The summed E-state index contributed by atoms with van der Waals surface area (Å²) in [7, 11) is 1.75. The molecule has 2 nitrogen and oxygen atoms in total. The molecule has 6 heavy (non-hydrogen) atoms. The van der Waals surface area contributed by atoms with Gasteiger partial charge in [0.1, 0.15) is 0 Å². The van der Waals surface area contributed by atoms with E-state index in [1.54, 1.807) is 14.0 Å². The Hall–Kier alpha value is -0.660. The zero-order valence-corrected chi connectivity index (χ0v) is 4.02. The van der Waals surface area contributed by atoms with E-state index in [0.717, 1.165) is 12.0 Å². The lowest BCUT2D eigenvalue weighted by Crippen LogP contribution is -2.00.